The Bertz CT molecular complexity index is 1240. The molecule has 0 rings (SSSR count). The van der Waals surface area contributed by atoms with E-state index in [9.17, 15) is 14.4 Å². The van der Waals surface area contributed by atoms with E-state index in [1.807, 2.05) is 0 Å². The van der Waals surface area contributed by atoms with Crippen LogP contribution in [0.5, 0.6) is 0 Å². The third-order valence-electron chi connectivity index (χ3n) is 16.0. The van der Waals surface area contributed by atoms with Crippen molar-refractivity contribution in [1.29, 1.82) is 0 Å². The van der Waals surface area contributed by atoms with E-state index in [4.69, 9.17) is 14.2 Å². The highest BCUT2D eigenvalue weighted by atomic mass is 16.6. The van der Waals surface area contributed by atoms with Gasteiger partial charge in [-0.2, -0.15) is 0 Å². The minimum absolute atomic E-state index is 0.0632. The summed E-state index contributed by atoms with van der Waals surface area (Å²) in [6.07, 6.45) is 80.7. The maximum Gasteiger partial charge on any atom is 0.306 e. The van der Waals surface area contributed by atoms with Gasteiger partial charge in [0.1, 0.15) is 13.2 Å². The molecule has 1 unspecified atom stereocenters. The molecule has 0 N–H and O–H groups in total. The molecule has 0 aliphatic heterocycles. The van der Waals surface area contributed by atoms with Gasteiger partial charge in [0.25, 0.3) is 0 Å². The maximum absolute atomic E-state index is 12.9. The Morgan fingerprint density at radius 2 is 0.468 bits per heavy atom. The monoisotopic (exact) mass is 1080 g/mol. The molecule has 0 heterocycles. The summed E-state index contributed by atoms with van der Waals surface area (Å²) in [7, 11) is 0. The number of carbonyl (C=O) groups is 3. The third kappa shape index (κ3) is 64.6. The van der Waals surface area contributed by atoms with Crippen molar-refractivity contribution < 1.29 is 28.6 Å². The average Bonchev–Trinajstić information content (AvgIpc) is 3.43. The van der Waals surface area contributed by atoms with E-state index in [1.165, 1.54) is 289 Å². The Morgan fingerprint density at radius 1 is 0.260 bits per heavy atom. The van der Waals surface area contributed by atoms with Gasteiger partial charge in [-0.1, -0.05) is 347 Å². The Kier molecular flexibility index (Phi) is 64.6. The van der Waals surface area contributed by atoms with E-state index in [-0.39, 0.29) is 31.1 Å². The number of hydrogen-bond donors (Lipinski definition) is 0. The van der Waals surface area contributed by atoms with Crippen LogP contribution < -0.4 is 0 Å². The van der Waals surface area contributed by atoms with Crippen molar-refractivity contribution in [3.05, 3.63) is 24.3 Å². The van der Waals surface area contributed by atoms with Gasteiger partial charge in [0.2, 0.25) is 0 Å². The second-order valence-electron chi connectivity index (χ2n) is 23.8. The van der Waals surface area contributed by atoms with Gasteiger partial charge in [0.15, 0.2) is 6.10 Å². The molecule has 0 saturated heterocycles. The molecule has 0 spiro atoms. The molecular formula is C71H134O6. The van der Waals surface area contributed by atoms with E-state index in [0.717, 1.165) is 64.2 Å². The molecule has 0 fully saturated rings. The summed E-state index contributed by atoms with van der Waals surface area (Å²) in [5.41, 5.74) is 0. The predicted molar refractivity (Wildman–Crippen MR) is 335 cm³/mol. The first-order chi connectivity index (χ1) is 38.0. The van der Waals surface area contributed by atoms with Gasteiger partial charge in [0, 0.05) is 19.3 Å². The number of carbonyl (C=O) groups excluding carboxylic acids is 3. The molecule has 0 aromatic heterocycles. The van der Waals surface area contributed by atoms with Crippen LogP contribution in [0.1, 0.15) is 393 Å². The largest absolute Gasteiger partial charge is 0.462 e. The van der Waals surface area contributed by atoms with Gasteiger partial charge in [0.05, 0.1) is 0 Å². The van der Waals surface area contributed by atoms with E-state index in [0.29, 0.717) is 19.3 Å². The van der Waals surface area contributed by atoms with E-state index in [2.05, 4.69) is 45.1 Å². The highest BCUT2D eigenvalue weighted by Crippen LogP contribution is 2.19. The summed E-state index contributed by atoms with van der Waals surface area (Å²) in [6.45, 7) is 6.70. The molecule has 0 aromatic rings. The molecule has 6 heteroatoms. The number of allylic oxidation sites excluding steroid dienone is 4. The van der Waals surface area contributed by atoms with Gasteiger partial charge < -0.3 is 14.2 Å². The maximum atomic E-state index is 12.9. The second kappa shape index (κ2) is 66.4. The quantitative estimate of drug-likeness (QED) is 0.0261. The lowest BCUT2D eigenvalue weighted by Crippen LogP contribution is -2.30. The molecule has 0 aliphatic carbocycles. The number of ether oxygens (including phenoxy) is 3. The minimum atomic E-state index is -0.765. The molecule has 0 radical (unpaired) electrons. The van der Waals surface area contributed by atoms with Crippen LogP contribution in [0, 0.1) is 0 Å². The highest BCUT2D eigenvalue weighted by molar-refractivity contribution is 5.71. The summed E-state index contributed by atoms with van der Waals surface area (Å²) >= 11 is 0. The molecule has 0 saturated carbocycles. The number of unbranched alkanes of at least 4 members (excludes halogenated alkanes) is 50. The van der Waals surface area contributed by atoms with Crippen molar-refractivity contribution in [2.45, 2.75) is 399 Å². The summed E-state index contributed by atoms with van der Waals surface area (Å²) < 4.78 is 17.0. The van der Waals surface area contributed by atoms with Crippen LogP contribution in [0.4, 0.5) is 0 Å². The standard InChI is InChI=1S/C71H134O6/c1-4-7-10-13-16-19-22-25-27-29-30-31-32-33-34-35-36-37-38-39-40-41-42-43-45-46-49-52-55-58-61-64-70(73)76-67-68(66-75-69(72)63-60-57-54-51-48-24-21-18-15-12-9-6-3)77-71(74)65-62-59-56-53-50-47-44-28-26-23-20-17-14-11-8-5-2/h22,25,29-30,68H,4-21,23-24,26-28,31-67H2,1-3H3/b25-22-,30-29-. The summed E-state index contributed by atoms with van der Waals surface area (Å²) in [4.78, 5) is 38.3. The zero-order valence-corrected chi connectivity index (χ0v) is 52.3. The van der Waals surface area contributed by atoms with Crippen molar-refractivity contribution in [2.75, 3.05) is 13.2 Å². The average molecular weight is 1080 g/mol. The van der Waals surface area contributed by atoms with Crippen molar-refractivity contribution in [1.82, 2.24) is 0 Å². The van der Waals surface area contributed by atoms with Crippen LogP contribution in [-0.4, -0.2) is 37.2 Å². The van der Waals surface area contributed by atoms with Crippen molar-refractivity contribution in [2.24, 2.45) is 0 Å². The van der Waals surface area contributed by atoms with Gasteiger partial charge in [-0.3, -0.25) is 14.4 Å². The molecule has 6 nitrogen and oxygen atoms in total. The van der Waals surface area contributed by atoms with Gasteiger partial charge in [-0.05, 0) is 51.4 Å². The van der Waals surface area contributed by atoms with E-state index < -0.39 is 6.10 Å². The number of esters is 3. The minimum Gasteiger partial charge on any atom is -0.462 e. The van der Waals surface area contributed by atoms with Crippen LogP contribution in [0.2, 0.25) is 0 Å². The Hall–Kier alpha value is -2.11. The highest BCUT2D eigenvalue weighted by Gasteiger charge is 2.19. The fraction of sp³-hybridized carbons (Fsp3) is 0.901. The van der Waals surface area contributed by atoms with Crippen LogP contribution >= 0.6 is 0 Å². The lowest BCUT2D eigenvalue weighted by Gasteiger charge is -2.18. The molecule has 77 heavy (non-hydrogen) atoms. The number of rotatable bonds is 65. The summed E-state index contributed by atoms with van der Waals surface area (Å²) in [6, 6.07) is 0. The molecule has 0 bridgehead atoms. The van der Waals surface area contributed by atoms with Crippen molar-refractivity contribution in [3.63, 3.8) is 0 Å². The summed E-state index contributed by atoms with van der Waals surface area (Å²) in [5.74, 6) is -0.831. The zero-order valence-electron chi connectivity index (χ0n) is 52.3. The Labute approximate surface area is 481 Å². The second-order valence-corrected chi connectivity index (χ2v) is 23.8. The summed E-state index contributed by atoms with van der Waals surface area (Å²) in [5, 5.41) is 0. The molecular weight excluding hydrogens is 949 g/mol. The van der Waals surface area contributed by atoms with E-state index in [1.54, 1.807) is 0 Å². The lowest BCUT2D eigenvalue weighted by atomic mass is 10.0. The van der Waals surface area contributed by atoms with Crippen LogP contribution in [-0.2, 0) is 28.6 Å². The van der Waals surface area contributed by atoms with Crippen molar-refractivity contribution in [3.8, 4) is 0 Å². The van der Waals surface area contributed by atoms with Crippen LogP contribution in [0.15, 0.2) is 24.3 Å². The fourth-order valence-electron chi connectivity index (χ4n) is 10.7. The fourth-order valence-corrected chi connectivity index (χ4v) is 10.7. The molecule has 454 valence electrons. The first-order valence-electron chi connectivity index (χ1n) is 34.8. The van der Waals surface area contributed by atoms with Crippen molar-refractivity contribution >= 4 is 17.9 Å². The van der Waals surface area contributed by atoms with E-state index >= 15 is 0 Å². The van der Waals surface area contributed by atoms with Gasteiger partial charge >= 0.3 is 17.9 Å². The lowest BCUT2D eigenvalue weighted by molar-refractivity contribution is -0.167. The molecule has 0 aromatic carbocycles. The normalized spacial score (nSPS) is 12.1. The first-order valence-corrected chi connectivity index (χ1v) is 34.8. The zero-order chi connectivity index (χ0) is 55.7. The third-order valence-corrected chi connectivity index (χ3v) is 16.0. The SMILES string of the molecule is CCCCCCC/C=C\C/C=C\CCCCCCCCCCCCCCCCCCCCCC(=O)OCC(COC(=O)CCCCCCCCCCCCCC)OC(=O)CCCCCCCCCCCCCCCCCC. The topological polar surface area (TPSA) is 78.9 Å². The predicted octanol–water partition coefficient (Wildman–Crippen LogP) is 23.8. The number of hydrogen-bond acceptors (Lipinski definition) is 6. The Morgan fingerprint density at radius 3 is 0.714 bits per heavy atom. The van der Waals surface area contributed by atoms with Crippen LogP contribution in [0.3, 0.4) is 0 Å². The van der Waals surface area contributed by atoms with Gasteiger partial charge in [-0.25, -0.2) is 0 Å². The molecule has 0 aliphatic rings. The van der Waals surface area contributed by atoms with Crippen LogP contribution in [0.25, 0.3) is 0 Å². The molecule has 0 amide bonds. The smallest absolute Gasteiger partial charge is 0.306 e. The Balaban J connectivity index is 4.10. The first kappa shape index (κ1) is 74.9. The van der Waals surface area contributed by atoms with Gasteiger partial charge in [-0.15, -0.1) is 0 Å². The molecule has 1 atom stereocenters.